The summed E-state index contributed by atoms with van der Waals surface area (Å²) in [5, 5.41) is 0.689. The molecule has 0 saturated heterocycles. The third-order valence-corrected chi connectivity index (χ3v) is 3.71. The molecule has 0 spiro atoms. The molecule has 110 valence electrons. The highest BCUT2D eigenvalue weighted by atomic mass is 35.5. The van der Waals surface area contributed by atoms with Gasteiger partial charge in [-0.25, -0.2) is 0 Å². The van der Waals surface area contributed by atoms with Crippen molar-refractivity contribution in [2.24, 2.45) is 0 Å². The highest BCUT2D eigenvalue weighted by molar-refractivity contribution is 6.30. The van der Waals surface area contributed by atoms with E-state index in [1.165, 1.54) is 5.56 Å². The van der Waals surface area contributed by atoms with Crippen LogP contribution in [0.4, 0.5) is 0 Å². The third-order valence-electron chi connectivity index (χ3n) is 3.48. The SMILES string of the molecule is CC(C)c1ccc(C(=O)N(C)Cc2cccc(Cl)c2)cc1. The van der Waals surface area contributed by atoms with E-state index >= 15 is 0 Å². The smallest absolute Gasteiger partial charge is 0.253 e. The van der Waals surface area contributed by atoms with E-state index in [9.17, 15) is 4.79 Å². The highest BCUT2D eigenvalue weighted by Gasteiger charge is 2.12. The zero-order valence-electron chi connectivity index (χ0n) is 12.6. The second-order valence-electron chi connectivity index (χ2n) is 5.57. The Balaban J connectivity index is 2.08. The highest BCUT2D eigenvalue weighted by Crippen LogP contribution is 2.17. The van der Waals surface area contributed by atoms with Crippen LogP contribution in [-0.4, -0.2) is 17.9 Å². The minimum Gasteiger partial charge on any atom is -0.337 e. The van der Waals surface area contributed by atoms with Crippen LogP contribution in [0.3, 0.4) is 0 Å². The lowest BCUT2D eigenvalue weighted by Gasteiger charge is -2.18. The summed E-state index contributed by atoms with van der Waals surface area (Å²) in [6, 6.07) is 15.4. The molecule has 21 heavy (non-hydrogen) atoms. The van der Waals surface area contributed by atoms with Crippen molar-refractivity contribution in [2.45, 2.75) is 26.3 Å². The summed E-state index contributed by atoms with van der Waals surface area (Å²) in [6.07, 6.45) is 0. The molecule has 0 aliphatic carbocycles. The first-order valence-corrected chi connectivity index (χ1v) is 7.45. The molecule has 0 heterocycles. The fourth-order valence-electron chi connectivity index (χ4n) is 2.21. The van der Waals surface area contributed by atoms with Gasteiger partial charge in [0.05, 0.1) is 0 Å². The molecule has 2 aromatic carbocycles. The molecule has 0 N–H and O–H groups in total. The number of hydrogen-bond donors (Lipinski definition) is 0. The standard InChI is InChI=1S/C18H20ClNO/c1-13(2)15-7-9-16(10-8-15)18(21)20(3)12-14-5-4-6-17(19)11-14/h4-11,13H,12H2,1-3H3. The van der Waals surface area contributed by atoms with Crippen LogP contribution in [0.15, 0.2) is 48.5 Å². The molecule has 0 atom stereocenters. The maximum Gasteiger partial charge on any atom is 0.253 e. The zero-order chi connectivity index (χ0) is 15.4. The van der Waals surface area contributed by atoms with E-state index in [4.69, 9.17) is 11.6 Å². The van der Waals surface area contributed by atoms with Crippen LogP contribution in [0.25, 0.3) is 0 Å². The van der Waals surface area contributed by atoms with E-state index in [0.717, 1.165) is 5.56 Å². The topological polar surface area (TPSA) is 20.3 Å². The number of nitrogens with zero attached hydrogens (tertiary/aromatic N) is 1. The monoisotopic (exact) mass is 301 g/mol. The lowest BCUT2D eigenvalue weighted by atomic mass is 10.0. The quantitative estimate of drug-likeness (QED) is 0.799. The van der Waals surface area contributed by atoms with Gasteiger partial charge in [-0.3, -0.25) is 4.79 Å². The van der Waals surface area contributed by atoms with Gasteiger partial charge in [0.1, 0.15) is 0 Å². The Bertz CT molecular complexity index is 619. The summed E-state index contributed by atoms with van der Waals surface area (Å²) < 4.78 is 0. The average molecular weight is 302 g/mol. The molecular weight excluding hydrogens is 282 g/mol. The van der Waals surface area contributed by atoms with Crippen LogP contribution in [0.1, 0.15) is 41.3 Å². The summed E-state index contributed by atoms with van der Waals surface area (Å²) in [7, 11) is 1.81. The number of carbonyl (C=O) groups excluding carboxylic acids is 1. The molecule has 1 amide bonds. The lowest BCUT2D eigenvalue weighted by molar-refractivity contribution is 0.0785. The van der Waals surface area contributed by atoms with Gasteiger partial charge >= 0.3 is 0 Å². The van der Waals surface area contributed by atoms with Gasteiger partial charge in [0.25, 0.3) is 5.91 Å². The van der Waals surface area contributed by atoms with Crippen molar-refractivity contribution in [3.8, 4) is 0 Å². The van der Waals surface area contributed by atoms with Gasteiger partial charge in [0, 0.05) is 24.2 Å². The van der Waals surface area contributed by atoms with Gasteiger partial charge < -0.3 is 4.90 Å². The molecule has 3 heteroatoms. The van der Waals surface area contributed by atoms with Crippen molar-refractivity contribution in [3.05, 3.63) is 70.2 Å². The molecular formula is C18H20ClNO. The van der Waals surface area contributed by atoms with E-state index < -0.39 is 0 Å². The van der Waals surface area contributed by atoms with Crippen molar-refractivity contribution >= 4 is 17.5 Å². The van der Waals surface area contributed by atoms with E-state index in [2.05, 4.69) is 13.8 Å². The second kappa shape index (κ2) is 6.77. The summed E-state index contributed by atoms with van der Waals surface area (Å²) in [6.45, 7) is 4.83. The Morgan fingerprint density at radius 2 is 1.81 bits per heavy atom. The minimum absolute atomic E-state index is 0.0188. The summed E-state index contributed by atoms with van der Waals surface area (Å²) in [5.41, 5.74) is 2.98. The minimum atomic E-state index is 0.0188. The van der Waals surface area contributed by atoms with Crippen LogP contribution in [0.2, 0.25) is 5.02 Å². The Morgan fingerprint density at radius 3 is 2.38 bits per heavy atom. The Hall–Kier alpha value is -1.80. The van der Waals surface area contributed by atoms with Crippen molar-refractivity contribution in [1.82, 2.24) is 4.90 Å². The van der Waals surface area contributed by atoms with Crippen LogP contribution < -0.4 is 0 Å². The molecule has 2 aromatic rings. The summed E-state index contributed by atoms with van der Waals surface area (Å²) >= 11 is 5.97. The van der Waals surface area contributed by atoms with Crippen molar-refractivity contribution in [1.29, 1.82) is 0 Å². The number of amides is 1. The van der Waals surface area contributed by atoms with E-state index in [-0.39, 0.29) is 5.91 Å². The van der Waals surface area contributed by atoms with Crippen molar-refractivity contribution in [2.75, 3.05) is 7.05 Å². The Kier molecular flexibility index (Phi) is 5.03. The first-order chi connectivity index (χ1) is 9.97. The van der Waals surface area contributed by atoms with E-state index in [1.807, 2.05) is 48.5 Å². The van der Waals surface area contributed by atoms with Crippen LogP contribution in [0.5, 0.6) is 0 Å². The number of benzene rings is 2. The molecule has 2 nitrogen and oxygen atoms in total. The van der Waals surface area contributed by atoms with Gasteiger partial charge in [-0.1, -0.05) is 49.7 Å². The van der Waals surface area contributed by atoms with Crippen LogP contribution in [0, 0.1) is 0 Å². The zero-order valence-corrected chi connectivity index (χ0v) is 13.4. The average Bonchev–Trinajstić information content (AvgIpc) is 2.46. The second-order valence-corrected chi connectivity index (χ2v) is 6.00. The molecule has 0 fully saturated rings. The lowest BCUT2D eigenvalue weighted by Crippen LogP contribution is -2.26. The van der Waals surface area contributed by atoms with Gasteiger partial charge in [-0.15, -0.1) is 0 Å². The molecule has 0 radical (unpaired) electrons. The molecule has 0 saturated carbocycles. The Labute approximate surface area is 131 Å². The first kappa shape index (κ1) is 15.6. The Morgan fingerprint density at radius 1 is 1.14 bits per heavy atom. The van der Waals surface area contributed by atoms with Crippen LogP contribution in [-0.2, 0) is 6.54 Å². The van der Waals surface area contributed by atoms with Gasteiger partial charge in [0.15, 0.2) is 0 Å². The molecule has 0 aliphatic heterocycles. The van der Waals surface area contributed by atoms with Gasteiger partial charge in [0.2, 0.25) is 0 Å². The molecule has 0 aromatic heterocycles. The van der Waals surface area contributed by atoms with Gasteiger partial charge in [-0.2, -0.15) is 0 Å². The van der Waals surface area contributed by atoms with E-state index in [0.29, 0.717) is 23.0 Å². The number of rotatable bonds is 4. The molecule has 0 unspecified atom stereocenters. The predicted octanol–water partition coefficient (Wildman–Crippen LogP) is 4.74. The maximum atomic E-state index is 12.4. The summed E-state index contributed by atoms with van der Waals surface area (Å²) in [5.74, 6) is 0.489. The third kappa shape index (κ3) is 4.08. The van der Waals surface area contributed by atoms with Crippen LogP contribution >= 0.6 is 11.6 Å². The fraction of sp³-hybridized carbons (Fsp3) is 0.278. The number of halogens is 1. The van der Waals surface area contributed by atoms with E-state index in [1.54, 1.807) is 11.9 Å². The largest absolute Gasteiger partial charge is 0.337 e. The van der Waals surface area contributed by atoms with Crippen molar-refractivity contribution < 1.29 is 4.79 Å². The van der Waals surface area contributed by atoms with Crippen molar-refractivity contribution in [3.63, 3.8) is 0 Å². The molecule has 2 rings (SSSR count). The number of carbonyl (C=O) groups is 1. The maximum absolute atomic E-state index is 12.4. The molecule has 0 bridgehead atoms. The molecule has 0 aliphatic rings. The first-order valence-electron chi connectivity index (χ1n) is 7.07. The number of hydrogen-bond acceptors (Lipinski definition) is 1. The fourth-order valence-corrected chi connectivity index (χ4v) is 2.42. The summed E-state index contributed by atoms with van der Waals surface area (Å²) in [4.78, 5) is 14.1. The predicted molar refractivity (Wildman–Crippen MR) is 87.8 cm³/mol. The normalized spacial score (nSPS) is 10.7. The van der Waals surface area contributed by atoms with Gasteiger partial charge in [-0.05, 0) is 41.3 Å².